The van der Waals surface area contributed by atoms with Crippen molar-refractivity contribution in [3.63, 3.8) is 0 Å². The van der Waals surface area contributed by atoms with E-state index in [0.717, 1.165) is 0 Å². The monoisotopic (exact) mass is 306 g/mol. The Morgan fingerprint density at radius 3 is 0.579 bits per heavy atom. The standard InChI is InChI=1S/4C4H9.2Li.Zn/c4*1-4(2)3;;;/h3*1-3H3;4H,1H2,2-3H3;;;/q4*-1;2*+1;+2. The van der Waals surface area contributed by atoms with E-state index in [-0.39, 0.29) is 57.2 Å². The van der Waals surface area contributed by atoms with E-state index in [2.05, 4.69) is 83.1 Å². The van der Waals surface area contributed by atoms with Gasteiger partial charge in [-0.05, 0) is 0 Å². The van der Waals surface area contributed by atoms with Crippen molar-refractivity contribution in [2.75, 3.05) is 0 Å². The van der Waals surface area contributed by atoms with Crippen LogP contribution in [0.25, 0.3) is 0 Å². The quantitative estimate of drug-likeness (QED) is 0.447. The van der Waals surface area contributed by atoms with Crippen molar-refractivity contribution >= 4 is 0 Å². The van der Waals surface area contributed by atoms with Crippen LogP contribution in [0.1, 0.15) is 76.2 Å². The van der Waals surface area contributed by atoms with E-state index in [0.29, 0.717) is 5.92 Å². The summed E-state index contributed by atoms with van der Waals surface area (Å²) in [5.74, 6) is 4.83. The van der Waals surface area contributed by atoms with E-state index >= 15 is 0 Å². The topological polar surface area (TPSA) is 0 Å². The Morgan fingerprint density at radius 1 is 0.579 bits per heavy atom. The maximum atomic E-state index is 3.64. The predicted molar refractivity (Wildman–Crippen MR) is 81.0 cm³/mol. The predicted octanol–water partition coefficient (Wildman–Crippen LogP) is 0.344. The molecule has 0 N–H and O–H groups in total. The summed E-state index contributed by atoms with van der Waals surface area (Å²) in [6, 6.07) is 0. The SMILES string of the molecule is C[C-](C)C.C[C-](C)C.C[C-](C)C.[CH2-]C(C)C.[Li+].[Li+].[Zn+2]. The van der Waals surface area contributed by atoms with Gasteiger partial charge in [-0.25, -0.2) is 0 Å². The second-order valence-electron chi connectivity index (χ2n) is 5.89. The molecule has 0 rings (SSSR count). The second kappa shape index (κ2) is 36.8. The zero-order valence-corrected chi connectivity index (χ0v) is 19.5. The second-order valence-corrected chi connectivity index (χ2v) is 5.89. The Kier molecular flexibility index (Phi) is 82.8. The summed E-state index contributed by atoms with van der Waals surface area (Å²) >= 11 is 0. The molecular weight excluding hydrogens is 271 g/mol. The third-order valence-corrected chi connectivity index (χ3v) is 0. The average molecular weight is 308 g/mol. The number of hydrogen-bond acceptors (Lipinski definition) is 0. The fourth-order valence-corrected chi connectivity index (χ4v) is 0. The van der Waals surface area contributed by atoms with E-state index in [1.54, 1.807) is 0 Å². The molecule has 0 aliphatic carbocycles. The van der Waals surface area contributed by atoms with Gasteiger partial charge in [0.2, 0.25) is 0 Å². The van der Waals surface area contributed by atoms with E-state index in [4.69, 9.17) is 0 Å². The first-order chi connectivity index (χ1) is 6.93. The number of hydrogen-bond donors (Lipinski definition) is 0. The minimum absolute atomic E-state index is 0. The van der Waals surface area contributed by atoms with Gasteiger partial charge in [0.15, 0.2) is 0 Å². The summed E-state index contributed by atoms with van der Waals surface area (Å²) in [4.78, 5) is 0. The molecule has 0 amide bonds. The molecule has 0 bridgehead atoms. The Balaban J connectivity index is -0.0000000192. The molecule has 0 heterocycles. The molecule has 0 fully saturated rings. The molecule has 3 heteroatoms. The molecule has 0 saturated heterocycles. The van der Waals surface area contributed by atoms with Gasteiger partial charge >= 0.3 is 57.2 Å². The van der Waals surface area contributed by atoms with E-state index in [1.165, 1.54) is 17.8 Å². The summed E-state index contributed by atoms with van der Waals surface area (Å²) in [5, 5.41) is 0. The van der Waals surface area contributed by atoms with Crippen molar-refractivity contribution in [3.05, 3.63) is 24.7 Å². The van der Waals surface area contributed by atoms with Gasteiger partial charge in [-0.3, -0.25) is 0 Å². The van der Waals surface area contributed by atoms with Gasteiger partial charge < -0.3 is 24.7 Å². The van der Waals surface area contributed by atoms with Crippen LogP contribution in [0.15, 0.2) is 0 Å². The summed E-state index contributed by atoms with van der Waals surface area (Å²) < 4.78 is 0. The van der Waals surface area contributed by atoms with Crippen LogP contribution in [0, 0.1) is 30.6 Å². The first kappa shape index (κ1) is 42.8. The molecule has 0 aromatic rings. The van der Waals surface area contributed by atoms with Gasteiger partial charge in [0, 0.05) is 0 Å². The third-order valence-electron chi connectivity index (χ3n) is 0. The Labute approximate surface area is 163 Å². The molecule has 0 nitrogen and oxygen atoms in total. The van der Waals surface area contributed by atoms with Crippen molar-refractivity contribution in [2.24, 2.45) is 5.92 Å². The fraction of sp³-hybridized carbons (Fsp3) is 0.750. The summed E-state index contributed by atoms with van der Waals surface area (Å²) in [6.07, 6.45) is 0. The molecule has 0 aliphatic rings. The molecule has 0 aromatic carbocycles. The fourth-order valence-electron chi connectivity index (χ4n) is 0. The van der Waals surface area contributed by atoms with Gasteiger partial charge in [-0.2, -0.15) is 68.2 Å². The zero-order valence-electron chi connectivity index (χ0n) is 16.5. The molecule has 0 aromatic heterocycles. The van der Waals surface area contributed by atoms with Gasteiger partial charge in [-0.1, -0.05) is 13.8 Å². The molecule has 104 valence electrons. The van der Waals surface area contributed by atoms with Crippen LogP contribution in [-0.2, 0) is 19.5 Å². The van der Waals surface area contributed by atoms with Gasteiger partial charge in [-0.15, -0.1) is 0 Å². The largest absolute Gasteiger partial charge is 2.00 e. The summed E-state index contributed by atoms with van der Waals surface area (Å²) in [5.41, 5.74) is 0. The molecule has 0 saturated carbocycles. The molecule has 0 radical (unpaired) electrons. The van der Waals surface area contributed by atoms with Gasteiger partial charge in [0.25, 0.3) is 0 Å². The minimum Gasteiger partial charge on any atom is -0.341 e. The normalized spacial score (nSPS) is 7.58. The molecule has 19 heavy (non-hydrogen) atoms. The molecule has 0 aliphatic heterocycles. The van der Waals surface area contributed by atoms with E-state index < -0.39 is 0 Å². The molecular formula is C16H36Li2Zn. The average Bonchev–Trinajstić information content (AvgIpc) is 1.76. The summed E-state index contributed by atoms with van der Waals surface area (Å²) in [7, 11) is 0. The van der Waals surface area contributed by atoms with Gasteiger partial charge in [0.1, 0.15) is 0 Å². The first-order valence-corrected chi connectivity index (χ1v) is 6.06. The summed E-state index contributed by atoms with van der Waals surface area (Å²) in [6.45, 7) is 26.5. The van der Waals surface area contributed by atoms with Crippen LogP contribution >= 0.6 is 0 Å². The van der Waals surface area contributed by atoms with Crippen LogP contribution in [0.5, 0.6) is 0 Å². The maximum absolute atomic E-state index is 3.64. The van der Waals surface area contributed by atoms with Crippen LogP contribution in [0.4, 0.5) is 0 Å². The van der Waals surface area contributed by atoms with Crippen molar-refractivity contribution in [1.82, 2.24) is 0 Å². The number of rotatable bonds is 0. The molecule has 0 atom stereocenters. The van der Waals surface area contributed by atoms with Crippen molar-refractivity contribution in [3.8, 4) is 0 Å². The Bertz CT molecular complexity index is 57.7. The van der Waals surface area contributed by atoms with E-state index in [9.17, 15) is 0 Å². The molecule has 0 spiro atoms. The van der Waals surface area contributed by atoms with Crippen LogP contribution in [-0.4, -0.2) is 0 Å². The van der Waals surface area contributed by atoms with Crippen LogP contribution < -0.4 is 37.7 Å². The molecule has 0 unspecified atom stereocenters. The third kappa shape index (κ3) is 1900. The smallest absolute Gasteiger partial charge is 0.341 e. The zero-order chi connectivity index (χ0) is 14.3. The van der Waals surface area contributed by atoms with Crippen molar-refractivity contribution < 1.29 is 57.2 Å². The van der Waals surface area contributed by atoms with Crippen molar-refractivity contribution in [1.29, 1.82) is 0 Å². The van der Waals surface area contributed by atoms with Crippen molar-refractivity contribution in [2.45, 2.75) is 76.2 Å². The minimum atomic E-state index is 0. The Hall–Kier alpha value is 1.82. The maximum Gasteiger partial charge on any atom is 2.00 e. The first-order valence-electron chi connectivity index (χ1n) is 6.06. The Morgan fingerprint density at radius 2 is 0.579 bits per heavy atom. The van der Waals surface area contributed by atoms with E-state index in [1.807, 2.05) is 0 Å². The van der Waals surface area contributed by atoms with Crippen LogP contribution in [0.3, 0.4) is 0 Å². The van der Waals surface area contributed by atoms with Gasteiger partial charge in [0.05, 0.1) is 0 Å². The van der Waals surface area contributed by atoms with Crippen LogP contribution in [0.2, 0.25) is 0 Å².